The molecule has 4 amide bonds. The van der Waals surface area contributed by atoms with Gasteiger partial charge in [-0.3, -0.25) is 39.6 Å². The number of aromatic hydroxyl groups is 1. The van der Waals surface area contributed by atoms with Gasteiger partial charge in [-0.05, 0) is 56.4 Å². The van der Waals surface area contributed by atoms with Crippen LogP contribution in [0.3, 0.4) is 0 Å². The third-order valence-corrected chi connectivity index (χ3v) is 7.45. The van der Waals surface area contributed by atoms with Crippen LogP contribution in [0.1, 0.15) is 18.1 Å². The quantitative estimate of drug-likeness (QED) is 0.263. The van der Waals surface area contributed by atoms with Gasteiger partial charge in [-0.2, -0.15) is 0 Å². The van der Waals surface area contributed by atoms with Crippen molar-refractivity contribution in [2.45, 2.75) is 25.9 Å². The van der Waals surface area contributed by atoms with Crippen molar-refractivity contribution < 1.29 is 19.5 Å². The van der Waals surface area contributed by atoms with Crippen molar-refractivity contribution in [3.8, 4) is 5.88 Å². The Balaban J connectivity index is 1.57. The number of H-pyrrole nitrogens is 1. The molecule has 12 nitrogen and oxygen atoms in total. The van der Waals surface area contributed by atoms with E-state index >= 15 is 0 Å². The number of carbonyl (C=O) groups excluding carboxylic acids is 3. The van der Waals surface area contributed by atoms with Gasteiger partial charge in [0.15, 0.2) is 10.2 Å². The zero-order valence-electron chi connectivity index (χ0n) is 19.7. The van der Waals surface area contributed by atoms with Crippen molar-refractivity contribution in [2.75, 3.05) is 31.6 Å². The SMILES string of the molecule is CCn1c(O)c(C=Nc2ccc3c(c2)CC2(C(=O)NC(=O)NC2=O)C2CN(C)CCN32)c(=O)[nH]c1=S. The first-order valence-electron chi connectivity index (χ1n) is 11.5. The van der Waals surface area contributed by atoms with Crippen molar-refractivity contribution in [3.05, 3.63) is 44.5 Å². The van der Waals surface area contributed by atoms with Crippen molar-refractivity contribution in [2.24, 2.45) is 10.4 Å². The molecule has 13 heteroatoms. The number of likely N-dealkylation sites (N-methyl/N-ethyl adjacent to an activating group) is 1. The Bertz CT molecular complexity index is 1430. The van der Waals surface area contributed by atoms with Gasteiger partial charge in [-0.25, -0.2) is 4.79 Å². The molecule has 1 atom stereocenters. The van der Waals surface area contributed by atoms with E-state index in [1.165, 1.54) is 10.8 Å². The fourth-order valence-corrected chi connectivity index (χ4v) is 5.58. The molecule has 1 unspecified atom stereocenters. The number of barbiturate groups is 1. The van der Waals surface area contributed by atoms with Crippen LogP contribution in [-0.4, -0.2) is 76.3 Å². The van der Waals surface area contributed by atoms with Crippen LogP contribution in [-0.2, 0) is 22.6 Å². The highest BCUT2D eigenvalue weighted by molar-refractivity contribution is 7.71. The number of nitrogens with one attached hydrogen (secondary N) is 3. The molecule has 2 aromatic rings. The summed E-state index contributed by atoms with van der Waals surface area (Å²) in [6, 6.07) is 4.12. The maximum Gasteiger partial charge on any atom is 0.328 e. The molecule has 188 valence electrons. The van der Waals surface area contributed by atoms with Gasteiger partial charge in [0.1, 0.15) is 5.56 Å². The highest BCUT2D eigenvalue weighted by atomic mass is 32.1. The van der Waals surface area contributed by atoms with Gasteiger partial charge in [0.05, 0.1) is 11.7 Å². The third-order valence-electron chi connectivity index (χ3n) is 7.12. The Morgan fingerprint density at radius 1 is 1.19 bits per heavy atom. The number of nitrogens with zero attached hydrogens (tertiary/aromatic N) is 4. The van der Waals surface area contributed by atoms with Gasteiger partial charge in [0, 0.05) is 38.1 Å². The van der Waals surface area contributed by atoms with E-state index in [-0.39, 0.29) is 22.6 Å². The van der Waals surface area contributed by atoms with Crippen LogP contribution in [0.4, 0.5) is 16.2 Å². The smallest absolute Gasteiger partial charge is 0.328 e. The lowest BCUT2D eigenvalue weighted by Gasteiger charge is -2.53. The second kappa shape index (κ2) is 8.68. The molecular formula is C23H25N7O5S. The monoisotopic (exact) mass is 511 g/mol. The average Bonchev–Trinajstić information content (AvgIpc) is 2.82. The van der Waals surface area contributed by atoms with Gasteiger partial charge in [-0.1, -0.05) is 0 Å². The Kier molecular flexibility index (Phi) is 5.75. The number of fused-ring (bicyclic) bond motifs is 4. The molecule has 3 aliphatic rings. The number of aromatic nitrogens is 2. The molecule has 2 fully saturated rings. The highest BCUT2D eigenvalue weighted by Gasteiger charge is 2.60. The summed E-state index contributed by atoms with van der Waals surface area (Å²) in [7, 11) is 1.93. The predicted octanol–water partition coefficient (Wildman–Crippen LogP) is 0.411. The largest absolute Gasteiger partial charge is 0.494 e. The number of carbonyl (C=O) groups is 3. The van der Waals surface area contributed by atoms with Crippen molar-refractivity contribution in [1.29, 1.82) is 0 Å². The minimum atomic E-state index is -1.49. The Labute approximate surface area is 210 Å². The number of hydrogen-bond acceptors (Lipinski definition) is 9. The van der Waals surface area contributed by atoms with E-state index in [0.717, 1.165) is 12.2 Å². The minimum Gasteiger partial charge on any atom is -0.494 e. The Morgan fingerprint density at radius 3 is 2.61 bits per heavy atom. The molecule has 4 heterocycles. The van der Waals surface area contributed by atoms with E-state index in [4.69, 9.17) is 12.2 Å². The third kappa shape index (κ3) is 3.62. The molecule has 1 aromatic carbocycles. The number of rotatable bonds is 3. The van der Waals surface area contributed by atoms with E-state index in [1.54, 1.807) is 19.1 Å². The van der Waals surface area contributed by atoms with Crippen LogP contribution in [0.2, 0.25) is 0 Å². The van der Waals surface area contributed by atoms with Crippen LogP contribution in [0.25, 0.3) is 0 Å². The number of benzene rings is 1. The first kappa shape index (κ1) is 23.9. The summed E-state index contributed by atoms with van der Waals surface area (Å²) in [6.07, 6.45) is 1.34. The van der Waals surface area contributed by atoms with Crippen molar-refractivity contribution >= 4 is 47.7 Å². The van der Waals surface area contributed by atoms with E-state index in [1.807, 2.05) is 18.0 Å². The molecular weight excluding hydrogens is 486 g/mol. The van der Waals surface area contributed by atoms with E-state index in [2.05, 4.69) is 25.5 Å². The average molecular weight is 512 g/mol. The summed E-state index contributed by atoms with van der Waals surface area (Å²) in [4.78, 5) is 61.5. The molecule has 0 saturated carbocycles. The van der Waals surface area contributed by atoms with Crippen LogP contribution in [0.15, 0.2) is 28.0 Å². The number of imide groups is 2. The maximum absolute atomic E-state index is 13.2. The fourth-order valence-electron chi connectivity index (χ4n) is 5.27. The first-order chi connectivity index (χ1) is 17.1. The molecule has 2 saturated heterocycles. The summed E-state index contributed by atoms with van der Waals surface area (Å²) < 4.78 is 1.49. The van der Waals surface area contributed by atoms with E-state index in [0.29, 0.717) is 30.9 Å². The van der Waals surface area contributed by atoms with Gasteiger partial charge >= 0.3 is 6.03 Å². The lowest BCUT2D eigenvalue weighted by molar-refractivity contribution is -0.147. The second-order valence-corrected chi connectivity index (χ2v) is 9.56. The van der Waals surface area contributed by atoms with E-state index in [9.17, 15) is 24.3 Å². The van der Waals surface area contributed by atoms with Crippen molar-refractivity contribution in [1.82, 2.24) is 25.1 Å². The summed E-state index contributed by atoms with van der Waals surface area (Å²) >= 11 is 5.08. The molecule has 4 N–H and O–H groups in total. The first-order valence-corrected chi connectivity index (χ1v) is 11.9. The number of hydrogen-bond donors (Lipinski definition) is 4. The molecule has 1 aromatic heterocycles. The number of amides is 4. The number of aromatic amines is 1. The minimum absolute atomic E-state index is 0.0386. The lowest BCUT2D eigenvalue weighted by atomic mass is 9.68. The summed E-state index contributed by atoms with van der Waals surface area (Å²) in [5, 5.41) is 15.0. The zero-order chi connectivity index (χ0) is 25.8. The summed E-state index contributed by atoms with van der Waals surface area (Å²) in [6.45, 7) is 3.97. The molecule has 3 aliphatic heterocycles. The van der Waals surface area contributed by atoms with Crippen LogP contribution in [0, 0.1) is 10.2 Å². The summed E-state index contributed by atoms with van der Waals surface area (Å²) in [5.41, 5.74) is -0.0256. The lowest BCUT2D eigenvalue weighted by Crippen LogP contribution is -2.74. The van der Waals surface area contributed by atoms with Crippen LogP contribution < -0.4 is 21.1 Å². The fraction of sp³-hybridized carbons (Fsp3) is 0.391. The van der Waals surface area contributed by atoms with Crippen LogP contribution >= 0.6 is 12.2 Å². The van der Waals surface area contributed by atoms with Crippen molar-refractivity contribution in [3.63, 3.8) is 0 Å². The zero-order valence-corrected chi connectivity index (χ0v) is 20.5. The molecule has 0 aliphatic carbocycles. The maximum atomic E-state index is 13.2. The standard InChI is InChI=1S/C23H25N7O5S/c1-3-29-18(32)14(17(31)25-22(29)36)10-24-13-4-5-15-12(8-13)9-23(16-11-28(2)6-7-30(15)16)19(33)26-21(35)27-20(23)34/h4-5,8,10,16,32H,3,6-7,9,11H2,1-2H3,(H,25,31,36)(H2,26,27,33,34,35). The molecule has 36 heavy (non-hydrogen) atoms. The van der Waals surface area contributed by atoms with Gasteiger partial charge in [-0.15, -0.1) is 0 Å². The normalized spacial score (nSPS) is 21.3. The van der Waals surface area contributed by atoms with Crippen LogP contribution in [0.5, 0.6) is 5.88 Å². The number of piperazine rings is 1. The highest BCUT2D eigenvalue weighted by Crippen LogP contribution is 2.45. The predicted molar refractivity (Wildman–Crippen MR) is 133 cm³/mol. The molecule has 1 spiro atoms. The second-order valence-electron chi connectivity index (χ2n) is 9.17. The number of aliphatic imine (C=N–C) groups is 1. The molecule has 0 bridgehead atoms. The Hall–Kier alpha value is -3.84. The van der Waals surface area contributed by atoms with Gasteiger partial charge < -0.3 is 14.9 Å². The molecule has 0 radical (unpaired) electrons. The summed E-state index contributed by atoms with van der Waals surface area (Å²) in [5.74, 6) is -1.52. The molecule has 5 rings (SSSR count). The topological polar surface area (TPSA) is 152 Å². The number of urea groups is 1. The number of anilines is 1. The van der Waals surface area contributed by atoms with Gasteiger partial charge in [0.2, 0.25) is 17.7 Å². The Morgan fingerprint density at radius 2 is 1.92 bits per heavy atom. The van der Waals surface area contributed by atoms with Gasteiger partial charge in [0.25, 0.3) is 5.56 Å². The van der Waals surface area contributed by atoms with E-state index < -0.39 is 34.9 Å².